The first-order chi connectivity index (χ1) is 8.28. The van der Waals surface area contributed by atoms with E-state index < -0.39 is 19.1 Å². The minimum absolute atomic E-state index is 0.578. The predicted molar refractivity (Wildman–Crippen MR) is 80.3 cm³/mol. The molecule has 0 radical (unpaired) electrons. The summed E-state index contributed by atoms with van der Waals surface area (Å²) in [4.78, 5) is 0.789. The molecule has 0 bridgehead atoms. The van der Waals surface area contributed by atoms with E-state index in [1.165, 1.54) is 0 Å². The molecule has 2 nitrogen and oxygen atoms in total. The van der Waals surface area contributed by atoms with Gasteiger partial charge in [0.2, 0.25) is 8.32 Å². The molecule has 98 valence electrons. The Balaban J connectivity index is 2.65. The van der Waals surface area contributed by atoms with Crippen LogP contribution in [0.5, 0.6) is 0 Å². The number of benzene rings is 1. The van der Waals surface area contributed by atoms with E-state index in [1.807, 2.05) is 31.2 Å². The molecule has 1 rings (SSSR count). The number of hydrogen-bond donors (Lipinski definition) is 0. The lowest BCUT2D eigenvalue weighted by Gasteiger charge is -2.18. The number of aryl methyl sites for hydroxylation is 1. The molecule has 0 saturated carbocycles. The van der Waals surface area contributed by atoms with Crippen LogP contribution in [0.2, 0.25) is 19.6 Å². The summed E-state index contributed by atoms with van der Waals surface area (Å²) in [6.45, 7) is 12.1. The number of rotatable bonds is 5. The monoisotopic (exact) mass is 280 g/mol. The maximum atomic E-state index is 12.0. The molecule has 0 spiro atoms. The molecule has 0 aromatic heterocycles. The van der Waals surface area contributed by atoms with Crippen molar-refractivity contribution in [2.75, 3.05) is 0 Å². The number of allylic oxidation sites excluding steroid dienone is 1. The summed E-state index contributed by atoms with van der Waals surface area (Å²) >= 11 is 0. The Morgan fingerprint density at radius 1 is 1.28 bits per heavy atom. The van der Waals surface area contributed by atoms with Crippen LogP contribution >= 0.6 is 0 Å². The van der Waals surface area contributed by atoms with E-state index in [2.05, 4.69) is 26.2 Å². The zero-order valence-electron chi connectivity index (χ0n) is 11.4. The zero-order chi connectivity index (χ0) is 13.8. The highest BCUT2D eigenvalue weighted by atomic mass is 32.2. The first-order valence-electron chi connectivity index (χ1n) is 5.81. The molecular weight excluding hydrogens is 260 g/mol. The predicted octanol–water partition coefficient (Wildman–Crippen LogP) is 3.98. The Bertz CT molecular complexity index is 470. The second kappa shape index (κ2) is 6.16. The number of hydrogen-bond acceptors (Lipinski definition) is 2. The van der Waals surface area contributed by atoms with Gasteiger partial charge in [-0.3, -0.25) is 0 Å². The normalized spacial score (nSPS) is 13.6. The van der Waals surface area contributed by atoms with Crippen LogP contribution in [0.15, 0.2) is 53.0 Å². The van der Waals surface area contributed by atoms with E-state index in [9.17, 15) is 4.21 Å². The summed E-state index contributed by atoms with van der Waals surface area (Å²) in [6, 6.07) is 7.65. The molecule has 0 aliphatic carbocycles. The third-order valence-electron chi connectivity index (χ3n) is 2.07. The molecule has 1 unspecified atom stereocenters. The second-order valence-corrected chi connectivity index (χ2v) is 10.9. The van der Waals surface area contributed by atoms with Gasteiger partial charge in [-0.25, -0.2) is 4.21 Å². The lowest BCUT2D eigenvalue weighted by Crippen LogP contribution is -2.24. The minimum Gasteiger partial charge on any atom is -0.545 e. The molecule has 0 saturated heterocycles. The molecule has 1 aromatic rings. The van der Waals surface area contributed by atoms with Gasteiger partial charge in [0, 0.05) is 10.3 Å². The van der Waals surface area contributed by atoms with Crippen molar-refractivity contribution in [2.24, 2.45) is 0 Å². The fourth-order valence-electron chi connectivity index (χ4n) is 1.32. The van der Waals surface area contributed by atoms with Gasteiger partial charge >= 0.3 is 0 Å². The van der Waals surface area contributed by atoms with Crippen LogP contribution < -0.4 is 0 Å². The van der Waals surface area contributed by atoms with E-state index in [4.69, 9.17) is 4.43 Å². The van der Waals surface area contributed by atoms with Crippen molar-refractivity contribution in [3.63, 3.8) is 0 Å². The topological polar surface area (TPSA) is 26.3 Å². The molecule has 4 heteroatoms. The Labute approximate surface area is 113 Å². The van der Waals surface area contributed by atoms with Crippen LogP contribution in [0.25, 0.3) is 0 Å². The Morgan fingerprint density at radius 3 is 2.33 bits per heavy atom. The van der Waals surface area contributed by atoms with Gasteiger partial charge in [-0.15, -0.1) is 0 Å². The molecule has 0 heterocycles. The zero-order valence-corrected chi connectivity index (χ0v) is 13.2. The van der Waals surface area contributed by atoms with Gasteiger partial charge in [0.1, 0.15) is 0 Å². The Morgan fingerprint density at radius 2 is 1.83 bits per heavy atom. The fraction of sp³-hybridized carbons (Fsp3) is 0.286. The van der Waals surface area contributed by atoms with Crippen molar-refractivity contribution in [3.8, 4) is 0 Å². The van der Waals surface area contributed by atoms with Crippen LogP contribution in [-0.2, 0) is 15.2 Å². The molecule has 0 aliphatic rings. The van der Waals surface area contributed by atoms with Gasteiger partial charge < -0.3 is 4.43 Å². The molecular formula is C14H20O2SSi. The smallest absolute Gasteiger partial charge is 0.242 e. The van der Waals surface area contributed by atoms with Crippen molar-refractivity contribution in [2.45, 2.75) is 31.5 Å². The molecule has 1 aromatic carbocycles. The van der Waals surface area contributed by atoms with Gasteiger partial charge in [0.25, 0.3) is 0 Å². The van der Waals surface area contributed by atoms with Crippen molar-refractivity contribution in [3.05, 3.63) is 53.7 Å². The first-order valence-corrected chi connectivity index (χ1v) is 10.4. The van der Waals surface area contributed by atoms with Crippen molar-refractivity contribution < 1.29 is 8.63 Å². The van der Waals surface area contributed by atoms with E-state index in [0.29, 0.717) is 5.76 Å². The van der Waals surface area contributed by atoms with Gasteiger partial charge in [0.05, 0.1) is 16.6 Å². The van der Waals surface area contributed by atoms with E-state index in [-0.39, 0.29) is 0 Å². The van der Waals surface area contributed by atoms with E-state index >= 15 is 0 Å². The Hall–Kier alpha value is -1.13. The van der Waals surface area contributed by atoms with Crippen molar-refractivity contribution in [1.29, 1.82) is 0 Å². The van der Waals surface area contributed by atoms with Gasteiger partial charge in [-0.05, 0) is 44.8 Å². The molecule has 0 amide bonds. The molecule has 0 fully saturated rings. The van der Waals surface area contributed by atoms with Crippen LogP contribution in [0.1, 0.15) is 5.56 Å². The largest absolute Gasteiger partial charge is 0.545 e. The minimum atomic E-state index is -1.63. The Kier molecular flexibility index (Phi) is 5.11. The van der Waals surface area contributed by atoms with Crippen molar-refractivity contribution in [1.82, 2.24) is 0 Å². The highest BCUT2D eigenvalue weighted by molar-refractivity contribution is 7.88. The van der Waals surface area contributed by atoms with E-state index in [0.717, 1.165) is 10.5 Å². The summed E-state index contributed by atoms with van der Waals surface area (Å²) in [5.74, 6) is 0.578. The van der Waals surface area contributed by atoms with Crippen molar-refractivity contribution >= 4 is 19.1 Å². The summed E-state index contributed by atoms with van der Waals surface area (Å²) in [5.41, 5.74) is 1.16. The maximum absolute atomic E-state index is 12.0. The van der Waals surface area contributed by atoms with Gasteiger partial charge in [0.15, 0.2) is 0 Å². The average molecular weight is 280 g/mol. The van der Waals surface area contributed by atoms with Crippen LogP contribution in [0.4, 0.5) is 0 Å². The summed E-state index contributed by atoms with van der Waals surface area (Å²) in [7, 11) is -2.78. The summed E-state index contributed by atoms with van der Waals surface area (Å²) in [6.07, 6.45) is 1.69. The summed E-state index contributed by atoms with van der Waals surface area (Å²) < 4.78 is 17.6. The highest BCUT2D eigenvalue weighted by Crippen LogP contribution is 2.13. The lowest BCUT2D eigenvalue weighted by molar-refractivity contribution is 0.444. The average Bonchev–Trinajstić information content (AvgIpc) is 2.24. The third-order valence-corrected chi connectivity index (χ3v) is 4.06. The maximum Gasteiger partial charge on any atom is 0.242 e. The highest BCUT2D eigenvalue weighted by Gasteiger charge is 2.15. The molecule has 0 aliphatic heterocycles. The molecule has 0 N–H and O–H groups in total. The van der Waals surface area contributed by atoms with Crippen LogP contribution in [0, 0.1) is 6.92 Å². The van der Waals surface area contributed by atoms with E-state index in [1.54, 1.807) is 11.5 Å². The van der Waals surface area contributed by atoms with Gasteiger partial charge in [-0.2, -0.15) is 0 Å². The van der Waals surface area contributed by atoms with Gasteiger partial charge in [-0.1, -0.05) is 24.3 Å². The van der Waals surface area contributed by atoms with Crippen LogP contribution in [-0.4, -0.2) is 12.5 Å². The standard InChI is InChI=1S/C14H20O2SSi/c1-12-6-8-14(9-7-12)17(15)11-10-13(2)16-18(3,4)5/h6-11H,2H2,1,3-5H3/b11-10+. The first kappa shape index (κ1) is 14.9. The lowest BCUT2D eigenvalue weighted by atomic mass is 10.2. The van der Waals surface area contributed by atoms with Crippen LogP contribution in [0.3, 0.4) is 0 Å². The third kappa shape index (κ3) is 5.47. The fourth-order valence-corrected chi connectivity index (χ4v) is 3.01. The molecule has 18 heavy (non-hydrogen) atoms. The second-order valence-electron chi connectivity index (χ2n) is 5.09. The molecule has 1 atom stereocenters. The quantitative estimate of drug-likeness (QED) is 0.463. The SMILES string of the molecule is C=C(/C=C/S(=O)c1ccc(C)cc1)O[Si](C)(C)C. The summed E-state index contributed by atoms with van der Waals surface area (Å²) in [5, 5.41) is 1.62.